The number of carbonyl (C=O) groups is 1. The second kappa shape index (κ2) is 5.32. The highest BCUT2D eigenvalue weighted by molar-refractivity contribution is 6.31. The summed E-state index contributed by atoms with van der Waals surface area (Å²) >= 11 is 5.96. The van der Waals surface area contributed by atoms with Gasteiger partial charge in [-0.1, -0.05) is 18.5 Å². The fourth-order valence-electron chi connectivity index (χ4n) is 1.58. The molecule has 16 heavy (non-hydrogen) atoms. The second-order valence-electron chi connectivity index (χ2n) is 3.65. The van der Waals surface area contributed by atoms with Crippen molar-refractivity contribution in [3.05, 3.63) is 28.3 Å². The monoisotopic (exact) mass is 241 g/mol. The molecule has 0 aliphatic rings. The van der Waals surface area contributed by atoms with Gasteiger partial charge in [-0.05, 0) is 31.0 Å². The minimum Gasteiger partial charge on any atom is -0.496 e. The molecule has 0 spiro atoms. The lowest BCUT2D eigenvalue weighted by atomic mass is 10.0. The maximum Gasteiger partial charge on any atom is 0.183 e. The molecule has 1 rings (SSSR count). The zero-order valence-corrected chi connectivity index (χ0v) is 10.5. The molecule has 4 heteroatoms. The molecule has 1 atom stereocenters. The zero-order valence-electron chi connectivity index (χ0n) is 9.71. The van der Waals surface area contributed by atoms with Gasteiger partial charge in [-0.3, -0.25) is 4.79 Å². The number of rotatable bonds is 4. The highest BCUT2D eigenvalue weighted by atomic mass is 35.5. The predicted molar refractivity (Wildman–Crippen MR) is 65.4 cm³/mol. The Morgan fingerprint density at radius 3 is 2.62 bits per heavy atom. The largest absolute Gasteiger partial charge is 0.496 e. The number of hydrogen-bond acceptors (Lipinski definition) is 3. The van der Waals surface area contributed by atoms with E-state index in [0.29, 0.717) is 16.3 Å². The van der Waals surface area contributed by atoms with Crippen LogP contribution in [0.25, 0.3) is 0 Å². The number of nitrogens with two attached hydrogens (primary N) is 1. The van der Waals surface area contributed by atoms with Crippen LogP contribution in [0.3, 0.4) is 0 Å². The molecule has 1 aromatic carbocycles. The number of ketones is 1. The number of carbonyl (C=O) groups excluding carboxylic acids is 1. The summed E-state index contributed by atoms with van der Waals surface area (Å²) < 4.78 is 5.26. The molecular formula is C12H16ClNO2. The number of methoxy groups -OCH3 is 1. The number of Topliss-reactive ketones (excluding diaryl/α,β-unsaturated/α-hetero) is 1. The highest BCUT2D eigenvalue weighted by Crippen LogP contribution is 2.29. The molecule has 1 unspecified atom stereocenters. The van der Waals surface area contributed by atoms with Crippen molar-refractivity contribution >= 4 is 17.4 Å². The van der Waals surface area contributed by atoms with Crippen molar-refractivity contribution in [1.29, 1.82) is 0 Å². The van der Waals surface area contributed by atoms with Gasteiger partial charge in [0.05, 0.1) is 18.7 Å². The van der Waals surface area contributed by atoms with Crippen LogP contribution in [-0.2, 0) is 6.42 Å². The SMILES string of the molecule is CCc1cc(Cl)cc(C(=O)C(C)N)c1OC. The third kappa shape index (κ3) is 2.54. The Balaban J connectivity index is 3.36. The van der Waals surface area contributed by atoms with E-state index < -0.39 is 6.04 Å². The Labute approximate surface area is 101 Å². The summed E-state index contributed by atoms with van der Waals surface area (Å²) in [6.07, 6.45) is 0.753. The van der Waals surface area contributed by atoms with Crippen LogP contribution in [0.5, 0.6) is 5.75 Å². The Hall–Kier alpha value is -1.06. The van der Waals surface area contributed by atoms with Crippen LogP contribution in [0.2, 0.25) is 5.02 Å². The van der Waals surface area contributed by atoms with Gasteiger partial charge in [0.15, 0.2) is 5.78 Å². The number of halogens is 1. The standard InChI is InChI=1S/C12H16ClNO2/c1-4-8-5-9(13)6-10(12(8)16-3)11(15)7(2)14/h5-7H,4,14H2,1-3H3. The maximum absolute atomic E-state index is 11.9. The van der Waals surface area contributed by atoms with Crippen LogP contribution >= 0.6 is 11.6 Å². The van der Waals surface area contributed by atoms with E-state index in [4.69, 9.17) is 22.1 Å². The molecule has 88 valence electrons. The van der Waals surface area contributed by atoms with Gasteiger partial charge in [0.1, 0.15) is 5.75 Å². The van der Waals surface area contributed by atoms with Crippen LogP contribution in [0.4, 0.5) is 0 Å². The van der Waals surface area contributed by atoms with E-state index in [0.717, 1.165) is 12.0 Å². The average molecular weight is 242 g/mol. The van der Waals surface area contributed by atoms with Gasteiger partial charge in [-0.25, -0.2) is 0 Å². The van der Waals surface area contributed by atoms with Crippen molar-refractivity contribution in [2.75, 3.05) is 7.11 Å². The highest BCUT2D eigenvalue weighted by Gasteiger charge is 2.19. The molecule has 0 fully saturated rings. The van der Waals surface area contributed by atoms with E-state index in [9.17, 15) is 4.79 Å². The molecule has 0 bridgehead atoms. The lowest BCUT2D eigenvalue weighted by Gasteiger charge is -2.14. The quantitative estimate of drug-likeness (QED) is 0.824. The van der Waals surface area contributed by atoms with E-state index in [1.165, 1.54) is 0 Å². The van der Waals surface area contributed by atoms with Crippen molar-refractivity contribution in [3.8, 4) is 5.75 Å². The molecule has 0 amide bonds. The van der Waals surface area contributed by atoms with Crippen LogP contribution in [0, 0.1) is 0 Å². The third-order valence-corrected chi connectivity index (χ3v) is 2.61. The van der Waals surface area contributed by atoms with Crippen LogP contribution in [0.1, 0.15) is 29.8 Å². The first-order valence-electron chi connectivity index (χ1n) is 5.17. The molecule has 0 aliphatic heterocycles. The van der Waals surface area contributed by atoms with Gasteiger partial charge in [0, 0.05) is 5.02 Å². The zero-order chi connectivity index (χ0) is 12.3. The lowest BCUT2D eigenvalue weighted by Crippen LogP contribution is -2.27. The molecule has 0 heterocycles. The molecule has 2 N–H and O–H groups in total. The Morgan fingerprint density at radius 1 is 1.56 bits per heavy atom. The maximum atomic E-state index is 11.9. The minimum atomic E-state index is -0.558. The van der Waals surface area contributed by atoms with Gasteiger partial charge in [-0.15, -0.1) is 0 Å². The predicted octanol–water partition coefficient (Wildman–Crippen LogP) is 2.44. The second-order valence-corrected chi connectivity index (χ2v) is 4.09. The minimum absolute atomic E-state index is 0.158. The fourth-order valence-corrected chi connectivity index (χ4v) is 1.82. The Morgan fingerprint density at radius 2 is 2.19 bits per heavy atom. The normalized spacial score (nSPS) is 12.3. The number of benzene rings is 1. The molecule has 0 radical (unpaired) electrons. The van der Waals surface area contributed by atoms with Crippen molar-refractivity contribution < 1.29 is 9.53 Å². The van der Waals surface area contributed by atoms with E-state index in [1.807, 2.05) is 6.92 Å². The van der Waals surface area contributed by atoms with Crippen molar-refractivity contribution in [3.63, 3.8) is 0 Å². The summed E-state index contributed by atoms with van der Waals surface area (Å²) in [5.41, 5.74) is 6.96. The van der Waals surface area contributed by atoms with Crippen LogP contribution < -0.4 is 10.5 Å². The summed E-state index contributed by atoms with van der Waals surface area (Å²) in [4.78, 5) is 11.9. The molecule has 0 aliphatic carbocycles. The average Bonchev–Trinajstić information content (AvgIpc) is 2.26. The third-order valence-electron chi connectivity index (χ3n) is 2.39. The first-order valence-corrected chi connectivity index (χ1v) is 5.55. The summed E-state index contributed by atoms with van der Waals surface area (Å²) in [7, 11) is 1.54. The Bertz CT molecular complexity index is 402. The first kappa shape index (κ1) is 13.0. The molecular weight excluding hydrogens is 226 g/mol. The van der Waals surface area contributed by atoms with Crippen LogP contribution in [-0.4, -0.2) is 18.9 Å². The lowest BCUT2D eigenvalue weighted by molar-refractivity contribution is 0.0965. The first-order chi connectivity index (χ1) is 7.51. The molecule has 3 nitrogen and oxygen atoms in total. The van der Waals surface area contributed by atoms with Gasteiger partial charge in [0.25, 0.3) is 0 Å². The molecule has 1 aromatic rings. The van der Waals surface area contributed by atoms with Gasteiger partial charge in [-0.2, -0.15) is 0 Å². The number of ether oxygens (including phenoxy) is 1. The smallest absolute Gasteiger partial charge is 0.183 e. The van der Waals surface area contributed by atoms with Crippen molar-refractivity contribution in [2.45, 2.75) is 26.3 Å². The summed E-state index contributed by atoms with van der Waals surface area (Å²) in [6.45, 7) is 3.63. The van der Waals surface area contributed by atoms with E-state index in [-0.39, 0.29) is 5.78 Å². The van der Waals surface area contributed by atoms with Crippen molar-refractivity contribution in [1.82, 2.24) is 0 Å². The topological polar surface area (TPSA) is 52.3 Å². The molecule has 0 saturated heterocycles. The van der Waals surface area contributed by atoms with Crippen LogP contribution in [0.15, 0.2) is 12.1 Å². The summed E-state index contributed by atoms with van der Waals surface area (Å²) in [6, 6.07) is 2.85. The number of hydrogen-bond donors (Lipinski definition) is 1. The van der Waals surface area contributed by atoms with Gasteiger partial charge in [0.2, 0.25) is 0 Å². The van der Waals surface area contributed by atoms with Crippen molar-refractivity contribution in [2.24, 2.45) is 5.73 Å². The van der Waals surface area contributed by atoms with E-state index in [1.54, 1.807) is 26.2 Å². The summed E-state index contributed by atoms with van der Waals surface area (Å²) in [5.74, 6) is 0.420. The molecule has 0 saturated carbocycles. The van der Waals surface area contributed by atoms with E-state index in [2.05, 4.69) is 0 Å². The summed E-state index contributed by atoms with van der Waals surface area (Å²) in [5, 5.41) is 0.529. The molecule has 0 aromatic heterocycles. The van der Waals surface area contributed by atoms with Gasteiger partial charge < -0.3 is 10.5 Å². The fraction of sp³-hybridized carbons (Fsp3) is 0.417. The van der Waals surface area contributed by atoms with E-state index >= 15 is 0 Å². The number of aryl methyl sites for hydroxylation is 1. The van der Waals surface area contributed by atoms with Gasteiger partial charge >= 0.3 is 0 Å². The Kier molecular flexibility index (Phi) is 4.33.